The second-order valence-electron chi connectivity index (χ2n) is 4.37. The molecule has 0 spiro atoms. The topological polar surface area (TPSA) is 38.9 Å². The molecule has 0 aliphatic rings. The number of rotatable bonds is 3. The molecule has 1 heterocycles. The molecule has 0 fully saturated rings. The van der Waals surface area contributed by atoms with Crippen molar-refractivity contribution in [1.29, 1.82) is 0 Å². The summed E-state index contributed by atoms with van der Waals surface area (Å²) in [5, 5.41) is 0.865. The first-order chi connectivity index (χ1) is 9.78. The number of hydrogen-bond acceptors (Lipinski definition) is 3. The number of halogens is 1. The maximum Gasteiger partial charge on any atom is 0.124 e. The Morgan fingerprint density at radius 2 is 1.65 bits per heavy atom. The first-order valence-electron chi connectivity index (χ1n) is 6.29. The third-order valence-electron chi connectivity index (χ3n) is 3.02. The predicted octanol–water partition coefficient (Wildman–Crippen LogP) is 4.07. The molecule has 0 unspecified atom stereocenters. The van der Waals surface area contributed by atoms with Gasteiger partial charge in [-0.15, -0.1) is 11.3 Å². The SMILES string of the molecule is NCc1nc(-c2ccc(F)cc2)sc1-c1ccccc1. The number of aromatic nitrogens is 1. The summed E-state index contributed by atoms with van der Waals surface area (Å²) in [6.45, 7) is 0.391. The fraction of sp³-hybridized carbons (Fsp3) is 0.0625. The van der Waals surface area contributed by atoms with Gasteiger partial charge in [0.15, 0.2) is 0 Å². The minimum Gasteiger partial charge on any atom is -0.325 e. The zero-order valence-corrected chi connectivity index (χ0v) is 11.5. The minimum absolute atomic E-state index is 0.243. The molecule has 0 bridgehead atoms. The highest BCUT2D eigenvalue weighted by molar-refractivity contribution is 7.18. The second-order valence-corrected chi connectivity index (χ2v) is 5.37. The molecule has 0 aliphatic carbocycles. The predicted molar refractivity (Wildman–Crippen MR) is 80.8 cm³/mol. The normalized spacial score (nSPS) is 10.7. The van der Waals surface area contributed by atoms with Crippen molar-refractivity contribution in [3.63, 3.8) is 0 Å². The number of benzene rings is 2. The van der Waals surface area contributed by atoms with Crippen LogP contribution < -0.4 is 5.73 Å². The van der Waals surface area contributed by atoms with Gasteiger partial charge in [0.25, 0.3) is 0 Å². The van der Waals surface area contributed by atoms with E-state index in [4.69, 9.17) is 5.73 Å². The van der Waals surface area contributed by atoms with E-state index in [9.17, 15) is 4.39 Å². The van der Waals surface area contributed by atoms with Crippen LogP contribution in [0.25, 0.3) is 21.0 Å². The fourth-order valence-electron chi connectivity index (χ4n) is 2.02. The molecule has 0 saturated carbocycles. The third-order valence-corrected chi connectivity index (χ3v) is 4.21. The Bertz CT molecular complexity index is 705. The summed E-state index contributed by atoms with van der Waals surface area (Å²) >= 11 is 1.58. The van der Waals surface area contributed by atoms with Gasteiger partial charge in [0, 0.05) is 12.1 Å². The molecule has 20 heavy (non-hydrogen) atoms. The van der Waals surface area contributed by atoms with Gasteiger partial charge >= 0.3 is 0 Å². The minimum atomic E-state index is -0.243. The first-order valence-corrected chi connectivity index (χ1v) is 7.10. The molecule has 2 N–H and O–H groups in total. The molecule has 0 saturated heterocycles. The lowest BCUT2D eigenvalue weighted by atomic mass is 10.1. The lowest BCUT2D eigenvalue weighted by Gasteiger charge is -1.98. The number of nitrogens with zero attached hydrogens (tertiary/aromatic N) is 1. The maximum absolute atomic E-state index is 13.0. The van der Waals surface area contributed by atoms with Crippen molar-refractivity contribution < 1.29 is 4.39 Å². The van der Waals surface area contributed by atoms with E-state index in [2.05, 4.69) is 4.98 Å². The molecule has 4 heteroatoms. The Hall–Kier alpha value is -2.04. The quantitative estimate of drug-likeness (QED) is 0.787. The van der Waals surface area contributed by atoms with Crippen LogP contribution in [0.2, 0.25) is 0 Å². The molecule has 1 aromatic heterocycles. The van der Waals surface area contributed by atoms with Gasteiger partial charge in [0.2, 0.25) is 0 Å². The van der Waals surface area contributed by atoms with Gasteiger partial charge in [-0.3, -0.25) is 0 Å². The van der Waals surface area contributed by atoms with Crippen LogP contribution in [0.1, 0.15) is 5.69 Å². The van der Waals surface area contributed by atoms with Gasteiger partial charge in [-0.2, -0.15) is 0 Å². The van der Waals surface area contributed by atoms with E-state index >= 15 is 0 Å². The highest BCUT2D eigenvalue weighted by Crippen LogP contribution is 2.35. The monoisotopic (exact) mass is 284 g/mol. The molecule has 3 aromatic rings. The molecule has 100 valence electrons. The van der Waals surface area contributed by atoms with Gasteiger partial charge < -0.3 is 5.73 Å². The summed E-state index contributed by atoms with van der Waals surface area (Å²) < 4.78 is 13.0. The summed E-state index contributed by atoms with van der Waals surface area (Å²) in [4.78, 5) is 5.65. The van der Waals surface area contributed by atoms with E-state index in [0.29, 0.717) is 6.54 Å². The summed E-state index contributed by atoms with van der Waals surface area (Å²) in [6.07, 6.45) is 0. The van der Waals surface area contributed by atoms with Crippen molar-refractivity contribution in [3.8, 4) is 21.0 Å². The first kappa shape index (κ1) is 13.0. The van der Waals surface area contributed by atoms with E-state index in [-0.39, 0.29) is 5.82 Å². The average molecular weight is 284 g/mol. The van der Waals surface area contributed by atoms with E-state index < -0.39 is 0 Å². The van der Waals surface area contributed by atoms with Crippen LogP contribution in [-0.4, -0.2) is 4.98 Å². The van der Waals surface area contributed by atoms with Crippen LogP contribution in [-0.2, 0) is 6.54 Å². The Morgan fingerprint density at radius 3 is 2.30 bits per heavy atom. The molecule has 2 aromatic carbocycles. The molecule has 2 nitrogen and oxygen atoms in total. The Labute approximate surface area is 120 Å². The Balaban J connectivity index is 2.07. The highest BCUT2D eigenvalue weighted by Gasteiger charge is 2.13. The van der Waals surface area contributed by atoms with Gasteiger partial charge in [0.1, 0.15) is 10.8 Å². The van der Waals surface area contributed by atoms with Gasteiger partial charge in [-0.25, -0.2) is 9.37 Å². The number of thiazole rings is 1. The van der Waals surface area contributed by atoms with E-state index in [1.165, 1.54) is 12.1 Å². The van der Waals surface area contributed by atoms with E-state index in [1.54, 1.807) is 23.5 Å². The van der Waals surface area contributed by atoms with Crippen LogP contribution in [0, 0.1) is 5.82 Å². The Morgan fingerprint density at radius 1 is 0.950 bits per heavy atom. The van der Waals surface area contributed by atoms with Crippen molar-refractivity contribution in [2.45, 2.75) is 6.54 Å². The van der Waals surface area contributed by atoms with Crippen LogP contribution >= 0.6 is 11.3 Å². The number of hydrogen-bond donors (Lipinski definition) is 1. The van der Waals surface area contributed by atoms with Crippen molar-refractivity contribution in [2.75, 3.05) is 0 Å². The van der Waals surface area contributed by atoms with Crippen molar-refractivity contribution in [3.05, 3.63) is 66.1 Å². The van der Waals surface area contributed by atoms with Gasteiger partial charge in [0.05, 0.1) is 10.6 Å². The molecule has 0 atom stereocenters. The largest absolute Gasteiger partial charge is 0.325 e. The standard InChI is InChI=1S/C16H13FN2S/c17-13-8-6-12(7-9-13)16-19-14(10-18)15(20-16)11-4-2-1-3-5-11/h1-9H,10,18H2. The molecule has 0 radical (unpaired) electrons. The maximum atomic E-state index is 13.0. The Kier molecular flexibility index (Phi) is 3.58. The van der Waals surface area contributed by atoms with Crippen LogP contribution in [0.5, 0.6) is 0 Å². The summed E-state index contributed by atoms with van der Waals surface area (Å²) in [6, 6.07) is 16.4. The van der Waals surface area contributed by atoms with E-state index in [1.807, 2.05) is 30.3 Å². The molecule has 0 amide bonds. The molecular formula is C16H13FN2S. The molecule has 0 aliphatic heterocycles. The zero-order chi connectivity index (χ0) is 13.9. The van der Waals surface area contributed by atoms with Crippen LogP contribution in [0.4, 0.5) is 4.39 Å². The molecule has 3 rings (SSSR count). The summed E-state index contributed by atoms with van der Waals surface area (Å²) in [5.41, 5.74) is 8.68. The third kappa shape index (κ3) is 2.48. The fourth-order valence-corrected chi connectivity index (χ4v) is 3.12. The van der Waals surface area contributed by atoms with Gasteiger partial charge in [-0.05, 0) is 29.8 Å². The van der Waals surface area contributed by atoms with Crippen LogP contribution in [0.3, 0.4) is 0 Å². The van der Waals surface area contributed by atoms with Crippen molar-refractivity contribution in [1.82, 2.24) is 4.98 Å². The second kappa shape index (κ2) is 5.53. The van der Waals surface area contributed by atoms with Gasteiger partial charge in [-0.1, -0.05) is 30.3 Å². The lowest BCUT2D eigenvalue weighted by Crippen LogP contribution is -1.98. The summed E-state index contributed by atoms with van der Waals surface area (Å²) in [5.74, 6) is -0.243. The zero-order valence-electron chi connectivity index (χ0n) is 10.7. The lowest BCUT2D eigenvalue weighted by molar-refractivity contribution is 0.628. The smallest absolute Gasteiger partial charge is 0.124 e. The number of nitrogens with two attached hydrogens (primary N) is 1. The van der Waals surface area contributed by atoms with E-state index in [0.717, 1.165) is 26.7 Å². The summed E-state index contributed by atoms with van der Waals surface area (Å²) in [7, 11) is 0. The van der Waals surface area contributed by atoms with Crippen molar-refractivity contribution in [2.24, 2.45) is 5.73 Å². The van der Waals surface area contributed by atoms with Crippen molar-refractivity contribution >= 4 is 11.3 Å². The average Bonchev–Trinajstić information content (AvgIpc) is 2.93. The highest BCUT2D eigenvalue weighted by atomic mass is 32.1. The molecular weight excluding hydrogens is 271 g/mol. The van der Waals surface area contributed by atoms with Crippen LogP contribution in [0.15, 0.2) is 54.6 Å².